The Bertz CT molecular complexity index is 378. The van der Waals surface area contributed by atoms with Gasteiger partial charge in [-0.3, -0.25) is 4.68 Å². The van der Waals surface area contributed by atoms with Crippen LogP contribution in [0.1, 0.15) is 19.8 Å². The van der Waals surface area contributed by atoms with E-state index in [1.165, 1.54) is 0 Å². The highest BCUT2D eigenvalue weighted by Crippen LogP contribution is 1.91. The maximum Gasteiger partial charge on any atom is 0.326 e. The van der Waals surface area contributed by atoms with Gasteiger partial charge in [-0.15, -0.1) is 0 Å². The second-order valence-electron chi connectivity index (χ2n) is 3.82. The van der Waals surface area contributed by atoms with Crippen LogP contribution in [-0.2, 0) is 11.3 Å². The Hall–Kier alpha value is -2.05. The lowest BCUT2D eigenvalue weighted by molar-refractivity contribution is -0.139. The van der Waals surface area contributed by atoms with Gasteiger partial charge in [0.15, 0.2) is 0 Å². The molecule has 0 aliphatic rings. The Morgan fingerprint density at radius 2 is 2.28 bits per heavy atom. The summed E-state index contributed by atoms with van der Waals surface area (Å²) >= 11 is 0. The summed E-state index contributed by atoms with van der Waals surface area (Å²) in [5.74, 6) is -1.02. The Labute approximate surface area is 105 Å². The molecule has 0 fully saturated rings. The molecule has 7 nitrogen and oxygen atoms in total. The fourth-order valence-corrected chi connectivity index (χ4v) is 1.42. The minimum Gasteiger partial charge on any atom is -0.480 e. The zero-order valence-electron chi connectivity index (χ0n) is 10.3. The van der Waals surface area contributed by atoms with E-state index < -0.39 is 18.0 Å². The summed E-state index contributed by atoms with van der Waals surface area (Å²) in [6, 6.07) is 0.541. The maximum absolute atomic E-state index is 11.4. The van der Waals surface area contributed by atoms with Crippen LogP contribution >= 0.6 is 0 Å². The van der Waals surface area contributed by atoms with E-state index in [9.17, 15) is 9.59 Å². The van der Waals surface area contributed by atoms with Gasteiger partial charge in [-0.2, -0.15) is 5.10 Å². The van der Waals surface area contributed by atoms with Crippen LogP contribution in [0.15, 0.2) is 18.5 Å². The largest absolute Gasteiger partial charge is 0.480 e. The number of nitrogens with zero attached hydrogens (tertiary/aromatic N) is 2. The first-order valence-electron chi connectivity index (χ1n) is 5.88. The number of amides is 2. The van der Waals surface area contributed by atoms with Gasteiger partial charge in [0.05, 0.1) is 0 Å². The molecule has 0 unspecified atom stereocenters. The number of nitrogens with one attached hydrogen (secondary N) is 2. The summed E-state index contributed by atoms with van der Waals surface area (Å²) in [4.78, 5) is 22.1. The molecule has 1 atom stereocenters. The van der Waals surface area contributed by atoms with Crippen molar-refractivity contribution in [3.05, 3.63) is 18.5 Å². The minimum absolute atomic E-state index is 0.357. The highest BCUT2D eigenvalue weighted by molar-refractivity contribution is 5.82. The standard InChI is InChI=1S/C11H18N4O3/c1-2-9(10(16)17)14-11(18)12-5-3-7-15-8-4-6-13-15/h4,6,8-9H,2-3,5,7H2,1H3,(H,16,17)(H2,12,14,18)/t9-/m0/s1. The van der Waals surface area contributed by atoms with Crippen LogP contribution in [0, 0.1) is 0 Å². The maximum atomic E-state index is 11.4. The lowest BCUT2D eigenvalue weighted by atomic mass is 10.2. The molecule has 0 saturated carbocycles. The second kappa shape index (κ2) is 7.31. The highest BCUT2D eigenvalue weighted by Gasteiger charge is 2.16. The molecular formula is C11H18N4O3. The Kier molecular flexibility index (Phi) is 5.69. The highest BCUT2D eigenvalue weighted by atomic mass is 16.4. The van der Waals surface area contributed by atoms with Gasteiger partial charge in [-0.1, -0.05) is 6.92 Å². The first-order valence-corrected chi connectivity index (χ1v) is 5.88. The lowest BCUT2D eigenvalue weighted by Crippen LogP contribution is -2.45. The van der Waals surface area contributed by atoms with Crippen molar-refractivity contribution in [1.29, 1.82) is 0 Å². The molecule has 1 rings (SSSR count). The molecule has 2 amide bonds. The second-order valence-corrected chi connectivity index (χ2v) is 3.82. The minimum atomic E-state index is -1.02. The quantitative estimate of drug-likeness (QED) is 0.615. The smallest absolute Gasteiger partial charge is 0.326 e. The third-order valence-electron chi connectivity index (χ3n) is 2.42. The Morgan fingerprint density at radius 3 is 2.83 bits per heavy atom. The van der Waals surface area contributed by atoms with Crippen molar-refractivity contribution in [2.75, 3.05) is 6.54 Å². The molecule has 1 aromatic heterocycles. The van der Waals surface area contributed by atoms with Crippen molar-refractivity contribution in [2.45, 2.75) is 32.4 Å². The number of carboxylic acid groups (broad SMARTS) is 1. The van der Waals surface area contributed by atoms with E-state index in [0.29, 0.717) is 19.5 Å². The Morgan fingerprint density at radius 1 is 1.50 bits per heavy atom. The van der Waals surface area contributed by atoms with Crippen molar-refractivity contribution in [1.82, 2.24) is 20.4 Å². The van der Waals surface area contributed by atoms with E-state index in [2.05, 4.69) is 15.7 Å². The van der Waals surface area contributed by atoms with Crippen LogP contribution in [0.4, 0.5) is 4.79 Å². The Balaban J connectivity index is 2.15. The molecule has 0 radical (unpaired) electrons. The number of carbonyl (C=O) groups excluding carboxylic acids is 1. The molecule has 1 heterocycles. The van der Waals surface area contributed by atoms with Gasteiger partial charge in [-0.05, 0) is 18.9 Å². The van der Waals surface area contributed by atoms with Crippen LogP contribution in [-0.4, -0.2) is 39.5 Å². The van der Waals surface area contributed by atoms with Crippen LogP contribution < -0.4 is 10.6 Å². The average molecular weight is 254 g/mol. The molecule has 0 aromatic carbocycles. The topological polar surface area (TPSA) is 96.3 Å². The number of aromatic nitrogens is 2. The zero-order valence-corrected chi connectivity index (χ0v) is 10.3. The van der Waals surface area contributed by atoms with E-state index in [1.807, 2.05) is 12.3 Å². The molecular weight excluding hydrogens is 236 g/mol. The predicted octanol–water partition coefficient (Wildman–Crippen LogP) is 0.436. The summed E-state index contributed by atoms with van der Waals surface area (Å²) in [5.41, 5.74) is 0. The molecule has 0 spiro atoms. The molecule has 0 aliphatic carbocycles. The third kappa shape index (κ3) is 4.86. The van der Waals surface area contributed by atoms with Crippen LogP contribution in [0.2, 0.25) is 0 Å². The van der Waals surface area contributed by atoms with Gasteiger partial charge in [0, 0.05) is 25.5 Å². The van der Waals surface area contributed by atoms with Crippen LogP contribution in [0.25, 0.3) is 0 Å². The van der Waals surface area contributed by atoms with Gasteiger partial charge in [0.1, 0.15) is 6.04 Å². The monoisotopic (exact) mass is 254 g/mol. The summed E-state index contributed by atoms with van der Waals surface area (Å²) in [6.45, 7) is 2.89. The number of rotatable bonds is 7. The number of hydrogen-bond acceptors (Lipinski definition) is 3. The molecule has 18 heavy (non-hydrogen) atoms. The van der Waals surface area contributed by atoms with E-state index >= 15 is 0 Å². The summed E-state index contributed by atoms with van der Waals surface area (Å²) in [5, 5.41) is 17.8. The van der Waals surface area contributed by atoms with Gasteiger partial charge in [0.25, 0.3) is 0 Å². The average Bonchev–Trinajstić information content (AvgIpc) is 2.84. The number of urea groups is 1. The number of carbonyl (C=O) groups is 2. The van der Waals surface area contributed by atoms with Crippen LogP contribution in [0.3, 0.4) is 0 Å². The van der Waals surface area contributed by atoms with Crippen molar-refractivity contribution in [3.63, 3.8) is 0 Å². The molecule has 3 N–H and O–H groups in total. The fraction of sp³-hybridized carbons (Fsp3) is 0.545. The number of hydrogen-bond donors (Lipinski definition) is 3. The lowest BCUT2D eigenvalue weighted by Gasteiger charge is -2.13. The van der Waals surface area contributed by atoms with Crippen molar-refractivity contribution < 1.29 is 14.7 Å². The molecule has 7 heteroatoms. The first kappa shape index (κ1) is 14.0. The zero-order chi connectivity index (χ0) is 13.4. The number of aliphatic carboxylic acids is 1. The van der Waals surface area contributed by atoms with E-state index in [-0.39, 0.29) is 0 Å². The van der Waals surface area contributed by atoms with Crippen LogP contribution in [0.5, 0.6) is 0 Å². The molecule has 0 aliphatic heterocycles. The van der Waals surface area contributed by atoms with E-state index in [4.69, 9.17) is 5.11 Å². The molecule has 0 saturated heterocycles. The summed E-state index contributed by atoms with van der Waals surface area (Å²) < 4.78 is 1.77. The van der Waals surface area contributed by atoms with Crippen molar-refractivity contribution in [2.24, 2.45) is 0 Å². The summed E-state index contributed by atoms with van der Waals surface area (Å²) in [6.07, 6.45) is 4.63. The van der Waals surface area contributed by atoms with Crippen molar-refractivity contribution >= 4 is 12.0 Å². The normalized spacial score (nSPS) is 11.8. The molecule has 100 valence electrons. The summed E-state index contributed by atoms with van der Waals surface area (Å²) in [7, 11) is 0. The first-order chi connectivity index (χ1) is 8.63. The third-order valence-corrected chi connectivity index (χ3v) is 2.42. The van der Waals surface area contributed by atoms with Gasteiger partial charge in [-0.25, -0.2) is 9.59 Å². The van der Waals surface area contributed by atoms with E-state index in [1.54, 1.807) is 17.8 Å². The predicted molar refractivity (Wildman–Crippen MR) is 65.1 cm³/mol. The van der Waals surface area contributed by atoms with Gasteiger partial charge in [0.2, 0.25) is 0 Å². The van der Waals surface area contributed by atoms with Gasteiger partial charge >= 0.3 is 12.0 Å². The number of carboxylic acids is 1. The molecule has 0 bridgehead atoms. The number of aryl methyl sites for hydroxylation is 1. The van der Waals surface area contributed by atoms with Crippen molar-refractivity contribution in [3.8, 4) is 0 Å². The fourth-order valence-electron chi connectivity index (χ4n) is 1.42. The van der Waals surface area contributed by atoms with E-state index in [0.717, 1.165) is 6.42 Å². The van der Waals surface area contributed by atoms with Gasteiger partial charge < -0.3 is 15.7 Å². The molecule has 1 aromatic rings. The SMILES string of the molecule is CC[C@H](NC(=O)NCCCn1cccn1)C(=O)O.